The van der Waals surface area contributed by atoms with Gasteiger partial charge in [0, 0.05) is 25.6 Å². The number of amides is 1. The van der Waals surface area contributed by atoms with Crippen LogP contribution >= 0.6 is 0 Å². The highest BCUT2D eigenvalue weighted by atomic mass is 16.3. The minimum Gasteiger partial charge on any atom is -0.396 e. The molecule has 1 unspecified atom stereocenters. The van der Waals surface area contributed by atoms with Crippen LogP contribution < -0.4 is 0 Å². The van der Waals surface area contributed by atoms with Gasteiger partial charge in [-0.15, -0.1) is 0 Å². The molecule has 1 amide bonds. The third-order valence-corrected chi connectivity index (χ3v) is 2.67. The van der Waals surface area contributed by atoms with E-state index in [2.05, 4.69) is 6.92 Å². The van der Waals surface area contributed by atoms with E-state index in [0.717, 1.165) is 32.2 Å². The van der Waals surface area contributed by atoms with Crippen molar-refractivity contribution < 1.29 is 9.90 Å². The fraction of sp³-hybridized carbons (Fsp3) is 0.900. The number of carbonyl (C=O) groups excluding carboxylic acids is 1. The molecule has 1 heterocycles. The van der Waals surface area contributed by atoms with Gasteiger partial charge in [-0.1, -0.05) is 0 Å². The number of piperidine rings is 1. The average molecular weight is 185 g/mol. The highest BCUT2D eigenvalue weighted by Gasteiger charge is 2.22. The van der Waals surface area contributed by atoms with Crippen LogP contribution in [0, 0.1) is 0 Å². The van der Waals surface area contributed by atoms with Crippen molar-refractivity contribution in [2.75, 3.05) is 13.2 Å². The summed E-state index contributed by atoms with van der Waals surface area (Å²) in [6, 6.07) is 0.306. The lowest BCUT2D eigenvalue weighted by molar-refractivity contribution is -0.135. The van der Waals surface area contributed by atoms with Crippen LogP contribution in [0.1, 0.15) is 39.0 Å². The van der Waals surface area contributed by atoms with E-state index in [9.17, 15) is 4.79 Å². The largest absolute Gasteiger partial charge is 0.396 e. The Balaban J connectivity index is 2.34. The number of aliphatic hydroxyl groups excluding tert-OH is 1. The molecule has 1 rings (SSSR count). The number of rotatable bonds is 4. The predicted octanol–water partition coefficient (Wildman–Crippen LogP) is 1.16. The standard InChI is InChI=1S/C10H19NO2/c1-9(5-4-8-12)11-7-3-2-6-10(11)13/h9,12H,2-8H2,1H3. The van der Waals surface area contributed by atoms with Gasteiger partial charge in [-0.05, 0) is 32.6 Å². The molecule has 1 saturated heterocycles. The van der Waals surface area contributed by atoms with Gasteiger partial charge in [0.25, 0.3) is 0 Å². The van der Waals surface area contributed by atoms with E-state index in [4.69, 9.17) is 5.11 Å². The Morgan fingerprint density at radius 1 is 1.54 bits per heavy atom. The van der Waals surface area contributed by atoms with Crippen molar-refractivity contribution in [3.05, 3.63) is 0 Å². The Hall–Kier alpha value is -0.570. The van der Waals surface area contributed by atoms with Crippen molar-refractivity contribution in [1.82, 2.24) is 4.90 Å². The topological polar surface area (TPSA) is 40.5 Å². The van der Waals surface area contributed by atoms with Crippen molar-refractivity contribution in [2.24, 2.45) is 0 Å². The molecule has 0 radical (unpaired) electrons. The maximum Gasteiger partial charge on any atom is 0.222 e. The van der Waals surface area contributed by atoms with Gasteiger partial charge in [-0.25, -0.2) is 0 Å². The highest BCUT2D eigenvalue weighted by molar-refractivity contribution is 5.77. The lowest BCUT2D eigenvalue weighted by atomic mass is 10.1. The quantitative estimate of drug-likeness (QED) is 0.714. The summed E-state index contributed by atoms with van der Waals surface area (Å²) >= 11 is 0. The summed E-state index contributed by atoms with van der Waals surface area (Å²) < 4.78 is 0. The first-order chi connectivity index (χ1) is 6.25. The summed E-state index contributed by atoms with van der Waals surface area (Å²) in [6.45, 7) is 3.21. The van der Waals surface area contributed by atoms with Crippen LogP contribution in [0.25, 0.3) is 0 Å². The number of hydrogen-bond acceptors (Lipinski definition) is 2. The van der Waals surface area contributed by atoms with Crippen LogP contribution in [-0.4, -0.2) is 35.1 Å². The molecular weight excluding hydrogens is 166 g/mol. The van der Waals surface area contributed by atoms with Crippen molar-refractivity contribution in [2.45, 2.75) is 45.1 Å². The van der Waals surface area contributed by atoms with Crippen molar-refractivity contribution in [3.8, 4) is 0 Å². The Morgan fingerprint density at radius 2 is 2.31 bits per heavy atom. The molecule has 1 fully saturated rings. The smallest absolute Gasteiger partial charge is 0.222 e. The Kier molecular flexibility index (Phi) is 4.22. The van der Waals surface area contributed by atoms with E-state index >= 15 is 0 Å². The van der Waals surface area contributed by atoms with Crippen LogP contribution in [-0.2, 0) is 4.79 Å². The summed E-state index contributed by atoms with van der Waals surface area (Å²) in [6.07, 6.45) is 4.61. The van der Waals surface area contributed by atoms with Crippen LogP contribution in [0.3, 0.4) is 0 Å². The summed E-state index contributed by atoms with van der Waals surface area (Å²) in [4.78, 5) is 13.4. The van der Waals surface area contributed by atoms with E-state index < -0.39 is 0 Å². The lowest BCUT2D eigenvalue weighted by Crippen LogP contribution is -2.41. The van der Waals surface area contributed by atoms with Gasteiger partial charge in [-0.2, -0.15) is 0 Å². The fourth-order valence-electron chi connectivity index (χ4n) is 1.84. The molecule has 13 heavy (non-hydrogen) atoms. The molecule has 1 aliphatic heterocycles. The number of hydrogen-bond donors (Lipinski definition) is 1. The summed E-state index contributed by atoms with van der Waals surface area (Å²) in [5.74, 6) is 0.289. The number of nitrogens with zero attached hydrogens (tertiary/aromatic N) is 1. The molecular formula is C10H19NO2. The molecule has 0 bridgehead atoms. The minimum absolute atomic E-state index is 0.229. The first kappa shape index (κ1) is 10.5. The maximum absolute atomic E-state index is 11.5. The molecule has 1 atom stereocenters. The second-order valence-corrected chi connectivity index (χ2v) is 3.76. The lowest BCUT2D eigenvalue weighted by Gasteiger charge is -2.32. The van der Waals surface area contributed by atoms with E-state index in [0.29, 0.717) is 12.5 Å². The Morgan fingerprint density at radius 3 is 2.92 bits per heavy atom. The molecule has 0 saturated carbocycles. The van der Waals surface area contributed by atoms with E-state index in [1.54, 1.807) is 0 Å². The van der Waals surface area contributed by atoms with Gasteiger partial charge in [0.1, 0.15) is 0 Å². The maximum atomic E-state index is 11.5. The second-order valence-electron chi connectivity index (χ2n) is 3.76. The predicted molar refractivity (Wildman–Crippen MR) is 51.3 cm³/mol. The van der Waals surface area contributed by atoms with Gasteiger partial charge < -0.3 is 10.0 Å². The number of aliphatic hydroxyl groups is 1. The monoisotopic (exact) mass is 185 g/mol. The number of carbonyl (C=O) groups is 1. The van der Waals surface area contributed by atoms with Crippen LogP contribution in [0.2, 0.25) is 0 Å². The van der Waals surface area contributed by atoms with Crippen molar-refractivity contribution in [3.63, 3.8) is 0 Å². The normalized spacial score (nSPS) is 20.5. The highest BCUT2D eigenvalue weighted by Crippen LogP contribution is 2.16. The van der Waals surface area contributed by atoms with Crippen molar-refractivity contribution in [1.29, 1.82) is 0 Å². The molecule has 1 N–H and O–H groups in total. The first-order valence-corrected chi connectivity index (χ1v) is 5.16. The average Bonchev–Trinajstić information content (AvgIpc) is 2.15. The zero-order valence-corrected chi connectivity index (χ0v) is 8.33. The van der Waals surface area contributed by atoms with Gasteiger partial charge in [0.05, 0.1) is 0 Å². The van der Waals surface area contributed by atoms with Crippen LogP contribution in [0.4, 0.5) is 0 Å². The molecule has 0 aliphatic carbocycles. The summed E-state index contributed by atoms with van der Waals surface area (Å²) in [5, 5.41) is 8.68. The summed E-state index contributed by atoms with van der Waals surface area (Å²) in [7, 11) is 0. The number of likely N-dealkylation sites (tertiary alicyclic amines) is 1. The van der Waals surface area contributed by atoms with Gasteiger partial charge in [0.15, 0.2) is 0 Å². The zero-order valence-electron chi connectivity index (χ0n) is 8.33. The molecule has 76 valence electrons. The van der Waals surface area contributed by atoms with Crippen molar-refractivity contribution >= 4 is 5.91 Å². The molecule has 3 nitrogen and oxygen atoms in total. The van der Waals surface area contributed by atoms with Gasteiger partial charge in [0.2, 0.25) is 5.91 Å². The summed E-state index contributed by atoms with van der Waals surface area (Å²) in [5.41, 5.74) is 0. The molecule has 1 aliphatic rings. The first-order valence-electron chi connectivity index (χ1n) is 5.16. The van der Waals surface area contributed by atoms with E-state index in [1.165, 1.54) is 0 Å². The molecule has 3 heteroatoms. The van der Waals surface area contributed by atoms with Crippen LogP contribution in [0.5, 0.6) is 0 Å². The Labute approximate surface area is 79.7 Å². The van der Waals surface area contributed by atoms with E-state index in [1.807, 2.05) is 4.90 Å². The van der Waals surface area contributed by atoms with Gasteiger partial charge >= 0.3 is 0 Å². The third kappa shape index (κ3) is 2.99. The van der Waals surface area contributed by atoms with Gasteiger partial charge in [-0.3, -0.25) is 4.79 Å². The molecule has 0 spiro atoms. The third-order valence-electron chi connectivity index (χ3n) is 2.67. The zero-order chi connectivity index (χ0) is 9.68. The minimum atomic E-state index is 0.229. The van der Waals surface area contributed by atoms with E-state index in [-0.39, 0.29) is 12.5 Å². The van der Waals surface area contributed by atoms with Crippen LogP contribution in [0.15, 0.2) is 0 Å². The Bertz CT molecular complexity index is 170. The fourth-order valence-corrected chi connectivity index (χ4v) is 1.84. The SMILES string of the molecule is CC(CCCO)N1CCCCC1=O. The second kappa shape index (κ2) is 5.22. The molecule has 0 aromatic carbocycles. The molecule has 0 aromatic rings. The molecule has 0 aromatic heterocycles.